The van der Waals surface area contributed by atoms with Crippen molar-refractivity contribution in [2.24, 2.45) is 11.8 Å². The van der Waals surface area contributed by atoms with Crippen molar-refractivity contribution in [1.82, 2.24) is 18.8 Å². The zero-order valence-electron chi connectivity index (χ0n) is 17.2. The number of piperidine rings is 1. The van der Waals surface area contributed by atoms with Gasteiger partial charge in [-0.15, -0.1) is 0 Å². The normalized spacial score (nSPS) is 27.0. The lowest BCUT2D eigenvalue weighted by molar-refractivity contribution is 0.149. The maximum absolute atomic E-state index is 13.5. The Morgan fingerprint density at radius 3 is 2.45 bits per heavy atom. The van der Waals surface area contributed by atoms with Gasteiger partial charge in [-0.3, -0.25) is 9.36 Å². The zero-order valence-corrected chi connectivity index (χ0v) is 18.0. The molecule has 2 aromatic rings. The maximum Gasteiger partial charge on any atom is 0.269 e. The topological polar surface area (TPSA) is 97.2 Å². The molecule has 0 aromatic carbocycles. The number of sulfonamides is 1. The first kappa shape index (κ1) is 20.7. The van der Waals surface area contributed by atoms with E-state index in [1.54, 1.807) is 0 Å². The van der Waals surface area contributed by atoms with Gasteiger partial charge >= 0.3 is 0 Å². The zero-order chi connectivity index (χ0) is 21.9. The van der Waals surface area contributed by atoms with Crippen LogP contribution < -0.4 is 10.9 Å². The van der Waals surface area contributed by atoms with Crippen molar-refractivity contribution >= 4 is 27.0 Å². The standard InChI is InChI=1S/C20H25F2N5O3S/c1-31(29,30)26-4-2-14(3-5-26)24-20-23-10-13-9-16(17(21)22)19(28)27(18(13)25-20)15-7-11-6-12(11)8-15/h9-12,14-15,17H,2-8H2,1H3,(H,23,24,25)/t11-,12+,15?. The Bertz CT molecular complexity index is 1170. The number of pyridine rings is 1. The molecule has 31 heavy (non-hydrogen) atoms. The van der Waals surface area contributed by atoms with Gasteiger partial charge in [-0.2, -0.15) is 4.98 Å². The van der Waals surface area contributed by atoms with Gasteiger partial charge < -0.3 is 5.32 Å². The van der Waals surface area contributed by atoms with Crippen molar-refractivity contribution in [1.29, 1.82) is 0 Å². The van der Waals surface area contributed by atoms with Gasteiger partial charge in [0.25, 0.3) is 12.0 Å². The first-order chi connectivity index (χ1) is 14.7. The van der Waals surface area contributed by atoms with Gasteiger partial charge in [-0.25, -0.2) is 26.5 Å². The number of nitrogens with zero attached hydrogens (tertiary/aromatic N) is 4. The Morgan fingerprint density at radius 1 is 1.16 bits per heavy atom. The molecule has 1 saturated heterocycles. The summed E-state index contributed by atoms with van der Waals surface area (Å²) in [5, 5.41) is 3.65. The van der Waals surface area contributed by atoms with Gasteiger partial charge in [0.1, 0.15) is 5.65 Å². The van der Waals surface area contributed by atoms with Crippen LogP contribution in [0.5, 0.6) is 0 Å². The summed E-state index contributed by atoms with van der Waals surface area (Å²) in [4.78, 5) is 21.7. The third-order valence-electron chi connectivity index (χ3n) is 6.88. The van der Waals surface area contributed by atoms with Crippen molar-refractivity contribution in [3.05, 3.63) is 28.2 Å². The highest BCUT2D eigenvalue weighted by Gasteiger charge is 2.47. The van der Waals surface area contributed by atoms with E-state index in [1.807, 2.05) is 0 Å². The molecule has 1 unspecified atom stereocenters. The lowest BCUT2D eigenvalue weighted by atomic mass is 10.1. The van der Waals surface area contributed by atoms with Crippen LogP contribution >= 0.6 is 0 Å². The van der Waals surface area contributed by atoms with Gasteiger partial charge in [0.2, 0.25) is 16.0 Å². The van der Waals surface area contributed by atoms with Crippen molar-refractivity contribution in [2.45, 2.75) is 50.6 Å². The summed E-state index contributed by atoms with van der Waals surface area (Å²) in [6.45, 7) is 0.828. The Hall–Kier alpha value is -2.14. The van der Waals surface area contributed by atoms with Crippen molar-refractivity contribution in [3.63, 3.8) is 0 Å². The Morgan fingerprint density at radius 2 is 1.84 bits per heavy atom. The van der Waals surface area contributed by atoms with Crippen molar-refractivity contribution in [2.75, 3.05) is 24.7 Å². The molecule has 1 N–H and O–H groups in total. The molecule has 5 rings (SSSR count). The monoisotopic (exact) mass is 453 g/mol. The fraction of sp³-hybridized carbons (Fsp3) is 0.650. The van der Waals surface area contributed by atoms with Crippen LogP contribution in [0, 0.1) is 11.8 Å². The highest BCUT2D eigenvalue weighted by atomic mass is 32.2. The number of rotatable bonds is 5. The molecule has 0 bridgehead atoms. The molecule has 8 nitrogen and oxygen atoms in total. The number of alkyl halides is 2. The molecular formula is C20H25F2N5O3S. The molecule has 0 radical (unpaired) electrons. The predicted octanol–water partition coefficient (Wildman–Crippen LogP) is 2.54. The van der Waals surface area contributed by atoms with Gasteiger partial charge in [0.15, 0.2) is 0 Å². The van der Waals surface area contributed by atoms with Gasteiger partial charge in [-0.1, -0.05) is 0 Å². The molecule has 2 aromatic heterocycles. The molecule has 2 aliphatic carbocycles. The second kappa shape index (κ2) is 7.47. The predicted molar refractivity (Wildman–Crippen MR) is 112 cm³/mol. The quantitative estimate of drug-likeness (QED) is 0.747. The molecular weight excluding hydrogens is 428 g/mol. The van der Waals surface area contributed by atoms with E-state index >= 15 is 0 Å². The van der Waals surface area contributed by atoms with E-state index < -0.39 is 27.6 Å². The van der Waals surface area contributed by atoms with E-state index in [0.717, 1.165) is 19.3 Å². The Kier molecular flexibility index (Phi) is 5.00. The first-order valence-electron chi connectivity index (χ1n) is 10.6. The molecule has 1 aliphatic heterocycles. The van der Waals surface area contributed by atoms with Crippen molar-refractivity contribution in [3.8, 4) is 0 Å². The fourth-order valence-corrected chi connectivity index (χ4v) is 5.99. The summed E-state index contributed by atoms with van der Waals surface area (Å²) in [6, 6.07) is 1.08. The average molecular weight is 454 g/mol. The number of fused-ring (bicyclic) bond motifs is 2. The molecule has 3 heterocycles. The minimum Gasteiger partial charge on any atom is -0.351 e. The minimum absolute atomic E-state index is 0.00455. The van der Waals surface area contributed by atoms with Crippen molar-refractivity contribution < 1.29 is 17.2 Å². The molecule has 11 heteroatoms. The number of anilines is 1. The molecule has 3 atom stereocenters. The highest BCUT2D eigenvalue weighted by Crippen LogP contribution is 2.56. The van der Waals surface area contributed by atoms with Crippen LogP contribution in [0.15, 0.2) is 17.1 Å². The van der Waals surface area contributed by atoms with Crippen LogP contribution in [-0.2, 0) is 10.0 Å². The molecule has 2 saturated carbocycles. The third kappa shape index (κ3) is 3.93. The molecule has 168 valence electrons. The minimum atomic E-state index is -3.21. The smallest absolute Gasteiger partial charge is 0.269 e. The number of aromatic nitrogens is 3. The summed E-state index contributed by atoms with van der Waals surface area (Å²) in [7, 11) is -3.21. The molecule has 3 fully saturated rings. The van der Waals surface area contributed by atoms with E-state index in [-0.39, 0.29) is 12.1 Å². The largest absolute Gasteiger partial charge is 0.351 e. The summed E-state index contributed by atoms with van der Waals surface area (Å²) in [5.41, 5.74) is -0.794. The SMILES string of the molecule is CS(=O)(=O)N1CCC(Nc2ncc3cc(C(F)F)c(=O)n(C4C[C@@H]5C[C@@H]5C4)c3n2)CC1. The second-order valence-corrected chi connectivity index (χ2v) is 11.0. The number of nitrogens with one attached hydrogen (secondary N) is 1. The number of hydrogen-bond acceptors (Lipinski definition) is 6. The lowest BCUT2D eigenvalue weighted by Crippen LogP contribution is -2.42. The third-order valence-corrected chi connectivity index (χ3v) is 8.18. The van der Waals surface area contributed by atoms with Crippen LogP contribution in [0.25, 0.3) is 11.0 Å². The maximum atomic E-state index is 13.5. The highest BCUT2D eigenvalue weighted by molar-refractivity contribution is 7.88. The van der Waals surface area contributed by atoms with Crippen LogP contribution in [0.2, 0.25) is 0 Å². The van der Waals surface area contributed by atoms with Crippen LogP contribution in [-0.4, -0.2) is 52.6 Å². The Labute approximate surface area is 178 Å². The molecule has 0 amide bonds. The summed E-state index contributed by atoms with van der Waals surface area (Å²) >= 11 is 0. The van der Waals surface area contributed by atoms with Gasteiger partial charge in [0, 0.05) is 36.8 Å². The summed E-state index contributed by atoms with van der Waals surface area (Å²) in [6.07, 6.45) is 3.85. The van der Waals surface area contributed by atoms with E-state index in [0.29, 0.717) is 54.7 Å². The van der Waals surface area contributed by atoms with Gasteiger partial charge in [0.05, 0.1) is 11.8 Å². The second-order valence-electron chi connectivity index (χ2n) is 9.01. The molecule has 3 aliphatic rings. The number of halogens is 2. The van der Waals surface area contributed by atoms with E-state index in [4.69, 9.17) is 0 Å². The lowest BCUT2D eigenvalue weighted by Gasteiger charge is -2.30. The summed E-state index contributed by atoms with van der Waals surface area (Å²) in [5.74, 6) is 1.50. The number of hydrogen-bond donors (Lipinski definition) is 1. The van der Waals surface area contributed by atoms with Crippen LogP contribution in [0.3, 0.4) is 0 Å². The van der Waals surface area contributed by atoms with E-state index in [2.05, 4.69) is 15.3 Å². The fourth-order valence-electron chi connectivity index (χ4n) is 5.11. The Balaban J connectivity index is 1.45. The van der Waals surface area contributed by atoms with Crippen LogP contribution in [0.1, 0.15) is 50.1 Å². The first-order valence-corrected chi connectivity index (χ1v) is 12.5. The van der Waals surface area contributed by atoms with E-state index in [1.165, 1.54) is 27.4 Å². The van der Waals surface area contributed by atoms with Crippen LogP contribution in [0.4, 0.5) is 14.7 Å². The molecule has 0 spiro atoms. The summed E-state index contributed by atoms with van der Waals surface area (Å²) < 4.78 is 53.3. The van der Waals surface area contributed by atoms with Gasteiger partial charge in [-0.05, 0) is 50.0 Å². The van der Waals surface area contributed by atoms with E-state index in [9.17, 15) is 22.0 Å². The average Bonchev–Trinajstić information content (AvgIpc) is 3.32.